The van der Waals surface area contributed by atoms with Gasteiger partial charge in [0.05, 0.1) is 6.54 Å². The average molecular weight is 276 g/mol. The van der Waals surface area contributed by atoms with E-state index in [1.165, 1.54) is 10.5 Å². The van der Waals surface area contributed by atoms with Crippen LogP contribution < -0.4 is 0 Å². The molecule has 108 valence electrons. The van der Waals surface area contributed by atoms with Crippen molar-refractivity contribution in [1.82, 2.24) is 9.80 Å². The van der Waals surface area contributed by atoms with E-state index in [4.69, 9.17) is 9.84 Å². The fraction of sp³-hybridized carbons (Fsp3) is 0.533. The Balaban J connectivity index is 1.69. The highest BCUT2D eigenvalue weighted by molar-refractivity contribution is 5.65. The smallest absolute Gasteiger partial charge is 0.407 e. The molecule has 0 spiro atoms. The van der Waals surface area contributed by atoms with E-state index in [9.17, 15) is 4.79 Å². The van der Waals surface area contributed by atoms with E-state index in [0.717, 1.165) is 19.6 Å². The zero-order chi connectivity index (χ0) is 14.2. The van der Waals surface area contributed by atoms with Gasteiger partial charge in [-0.25, -0.2) is 4.79 Å². The highest BCUT2D eigenvalue weighted by Crippen LogP contribution is 2.38. The van der Waals surface area contributed by atoms with E-state index in [-0.39, 0.29) is 11.5 Å². The molecule has 0 saturated carbocycles. The third-order valence-corrected chi connectivity index (χ3v) is 4.54. The van der Waals surface area contributed by atoms with Gasteiger partial charge in [0.15, 0.2) is 0 Å². The highest BCUT2D eigenvalue weighted by Gasteiger charge is 2.54. The van der Waals surface area contributed by atoms with Gasteiger partial charge in [-0.2, -0.15) is 0 Å². The first-order valence-corrected chi connectivity index (χ1v) is 6.92. The van der Waals surface area contributed by atoms with Crippen LogP contribution in [-0.4, -0.2) is 59.9 Å². The van der Waals surface area contributed by atoms with Crippen LogP contribution in [0.2, 0.25) is 0 Å². The molecular weight excluding hydrogens is 256 g/mol. The lowest BCUT2D eigenvalue weighted by atomic mass is 9.95. The number of hydrogen-bond donors (Lipinski definition) is 1. The monoisotopic (exact) mass is 276 g/mol. The summed E-state index contributed by atoms with van der Waals surface area (Å²) >= 11 is 0. The first-order valence-electron chi connectivity index (χ1n) is 6.92. The lowest BCUT2D eigenvalue weighted by Gasteiger charge is -2.27. The number of amides is 1. The van der Waals surface area contributed by atoms with Gasteiger partial charge in [-0.3, -0.25) is 4.90 Å². The molecule has 5 nitrogen and oxygen atoms in total. The molecular formula is C15H20N2O3. The van der Waals surface area contributed by atoms with Crippen molar-refractivity contribution in [3.8, 4) is 0 Å². The van der Waals surface area contributed by atoms with Crippen molar-refractivity contribution in [2.45, 2.75) is 12.1 Å². The second-order valence-electron chi connectivity index (χ2n) is 5.78. The summed E-state index contributed by atoms with van der Waals surface area (Å²) in [7, 11) is 1.70. The number of carbonyl (C=O) groups is 1. The van der Waals surface area contributed by atoms with E-state index < -0.39 is 6.09 Å². The Morgan fingerprint density at radius 1 is 1.35 bits per heavy atom. The quantitative estimate of drug-likeness (QED) is 0.909. The summed E-state index contributed by atoms with van der Waals surface area (Å²) in [4.78, 5) is 15.0. The van der Waals surface area contributed by atoms with Crippen molar-refractivity contribution in [3.63, 3.8) is 0 Å². The van der Waals surface area contributed by atoms with Crippen LogP contribution in [0, 0.1) is 5.92 Å². The van der Waals surface area contributed by atoms with Gasteiger partial charge >= 0.3 is 6.09 Å². The fourth-order valence-electron chi connectivity index (χ4n) is 3.51. The lowest BCUT2D eigenvalue weighted by molar-refractivity contribution is -0.0122. The number of methoxy groups -OCH3 is 1. The Morgan fingerprint density at radius 2 is 2.10 bits per heavy atom. The maximum absolute atomic E-state index is 11.1. The van der Waals surface area contributed by atoms with Crippen LogP contribution in [0.1, 0.15) is 5.56 Å². The number of nitrogens with zero attached hydrogens (tertiary/aromatic N) is 2. The van der Waals surface area contributed by atoms with Crippen molar-refractivity contribution in [2.24, 2.45) is 5.92 Å². The largest absolute Gasteiger partial charge is 0.465 e. The summed E-state index contributed by atoms with van der Waals surface area (Å²) in [5, 5.41) is 9.14. The van der Waals surface area contributed by atoms with E-state index in [1.807, 2.05) is 18.2 Å². The number of rotatable bonds is 3. The summed E-state index contributed by atoms with van der Waals surface area (Å²) in [5.74, 6) is 0.271. The Morgan fingerprint density at radius 3 is 2.70 bits per heavy atom. The molecule has 0 bridgehead atoms. The molecule has 5 heteroatoms. The van der Waals surface area contributed by atoms with Gasteiger partial charge in [0, 0.05) is 39.2 Å². The van der Waals surface area contributed by atoms with Crippen molar-refractivity contribution < 1.29 is 14.6 Å². The molecule has 0 aliphatic carbocycles. The minimum absolute atomic E-state index is 0.271. The van der Waals surface area contributed by atoms with Crippen LogP contribution in [0.15, 0.2) is 30.3 Å². The first kappa shape index (κ1) is 13.4. The van der Waals surface area contributed by atoms with Gasteiger partial charge in [0.1, 0.15) is 5.60 Å². The molecule has 20 heavy (non-hydrogen) atoms. The molecule has 3 rings (SSSR count). The van der Waals surface area contributed by atoms with E-state index >= 15 is 0 Å². The summed E-state index contributed by atoms with van der Waals surface area (Å²) < 4.78 is 5.72. The van der Waals surface area contributed by atoms with Gasteiger partial charge in [-0.05, 0) is 5.56 Å². The van der Waals surface area contributed by atoms with E-state index in [1.54, 1.807) is 7.11 Å². The van der Waals surface area contributed by atoms with Crippen molar-refractivity contribution in [1.29, 1.82) is 0 Å². The van der Waals surface area contributed by atoms with Gasteiger partial charge in [-0.15, -0.1) is 0 Å². The molecule has 1 N–H and O–H groups in total. The van der Waals surface area contributed by atoms with Gasteiger partial charge in [0.25, 0.3) is 0 Å². The van der Waals surface area contributed by atoms with Crippen molar-refractivity contribution >= 4 is 6.09 Å². The summed E-state index contributed by atoms with van der Waals surface area (Å²) in [6.45, 7) is 3.65. The van der Waals surface area contributed by atoms with Crippen LogP contribution in [-0.2, 0) is 11.3 Å². The fourth-order valence-corrected chi connectivity index (χ4v) is 3.51. The summed E-state index contributed by atoms with van der Waals surface area (Å²) in [5.41, 5.74) is 0.960. The molecule has 1 amide bonds. The zero-order valence-corrected chi connectivity index (χ0v) is 11.7. The molecule has 2 heterocycles. The summed E-state index contributed by atoms with van der Waals surface area (Å²) in [6.07, 6.45) is -0.842. The van der Waals surface area contributed by atoms with E-state index in [0.29, 0.717) is 13.1 Å². The predicted molar refractivity (Wildman–Crippen MR) is 74.5 cm³/mol. The van der Waals surface area contributed by atoms with Gasteiger partial charge in [-0.1, -0.05) is 30.3 Å². The van der Waals surface area contributed by atoms with E-state index in [2.05, 4.69) is 17.0 Å². The maximum Gasteiger partial charge on any atom is 0.407 e. The topological polar surface area (TPSA) is 53.0 Å². The summed E-state index contributed by atoms with van der Waals surface area (Å²) in [6, 6.07) is 10.4. The molecule has 2 aliphatic rings. The minimum atomic E-state index is -0.842. The second kappa shape index (κ2) is 5.07. The van der Waals surface area contributed by atoms with Gasteiger partial charge in [0.2, 0.25) is 0 Å². The molecule has 2 aliphatic heterocycles. The third kappa shape index (κ3) is 2.27. The SMILES string of the molecule is CO[C@]12CN(Cc3ccccc3)C[C@H]1CN(C(=O)O)C2. The molecule has 1 aromatic rings. The lowest BCUT2D eigenvalue weighted by Crippen LogP contribution is -2.43. The molecule has 0 radical (unpaired) electrons. The number of hydrogen-bond acceptors (Lipinski definition) is 3. The van der Waals surface area contributed by atoms with Crippen molar-refractivity contribution in [3.05, 3.63) is 35.9 Å². The van der Waals surface area contributed by atoms with Crippen LogP contribution in [0.5, 0.6) is 0 Å². The highest BCUT2D eigenvalue weighted by atomic mass is 16.5. The zero-order valence-electron chi connectivity index (χ0n) is 11.7. The number of fused-ring (bicyclic) bond motifs is 1. The van der Waals surface area contributed by atoms with Crippen LogP contribution in [0.3, 0.4) is 0 Å². The Hall–Kier alpha value is -1.59. The second-order valence-corrected chi connectivity index (χ2v) is 5.78. The van der Waals surface area contributed by atoms with Crippen molar-refractivity contribution in [2.75, 3.05) is 33.3 Å². The molecule has 1 aromatic carbocycles. The molecule has 2 fully saturated rings. The predicted octanol–water partition coefficient (Wildman–Crippen LogP) is 1.50. The number of ether oxygens (including phenoxy) is 1. The standard InChI is InChI=1S/C15H20N2O3/c1-20-15-10-16(7-12-5-3-2-4-6-12)8-13(15)9-17(11-15)14(18)19/h2-6,13H,7-11H2,1H3,(H,18,19)/t13-,15-/m0/s1. The number of carboxylic acid groups (broad SMARTS) is 1. The molecule has 0 unspecified atom stereocenters. The van der Waals surface area contributed by atoms with Crippen LogP contribution in [0.4, 0.5) is 4.79 Å². The number of likely N-dealkylation sites (tertiary alicyclic amines) is 2. The normalized spacial score (nSPS) is 29.6. The van der Waals surface area contributed by atoms with Crippen LogP contribution >= 0.6 is 0 Å². The first-order chi connectivity index (χ1) is 9.63. The van der Waals surface area contributed by atoms with Gasteiger partial charge < -0.3 is 14.7 Å². The van der Waals surface area contributed by atoms with Crippen LogP contribution in [0.25, 0.3) is 0 Å². The minimum Gasteiger partial charge on any atom is -0.465 e. The Labute approximate surface area is 118 Å². The molecule has 0 aromatic heterocycles. The maximum atomic E-state index is 11.1. The Bertz CT molecular complexity index is 493. The third-order valence-electron chi connectivity index (χ3n) is 4.54. The molecule has 2 atom stereocenters. The Kier molecular flexibility index (Phi) is 3.40. The average Bonchev–Trinajstić information content (AvgIpc) is 2.94. The molecule has 2 saturated heterocycles. The number of benzene rings is 1.